The molecular weight excluding hydrogens is 232 g/mol. The zero-order valence-corrected chi connectivity index (χ0v) is 9.71. The first-order valence-corrected chi connectivity index (χ1v) is 5.30. The predicted molar refractivity (Wildman–Crippen MR) is 67.0 cm³/mol. The second kappa shape index (κ2) is 5.13. The zero-order chi connectivity index (χ0) is 13.0. The summed E-state index contributed by atoms with van der Waals surface area (Å²) in [6.07, 6.45) is 2.96. The van der Waals surface area contributed by atoms with Crippen molar-refractivity contribution in [3.63, 3.8) is 0 Å². The Balaban J connectivity index is 2.17. The van der Waals surface area contributed by atoms with E-state index in [1.165, 1.54) is 12.4 Å². The lowest BCUT2D eigenvalue weighted by Gasteiger charge is -2.05. The lowest BCUT2D eigenvalue weighted by Crippen LogP contribution is -2.11. The topological polar surface area (TPSA) is 90.4 Å². The first-order chi connectivity index (χ1) is 8.70. The molecule has 0 atom stereocenters. The molecule has 0 aliphatic heterocycles. The van der Waals surface area contributed by atoms with E-state index < -0.39 is 0 Å². The van der Waals surface area contributed by atoms with Crippen LogP contribution in [0.3, 0.4) is 0 Å². The molecule has 0 unspecified atom stereocenters. The van der Waals surface area contributed by atoms with Crippen molar-refractivity contribution in [2.75, 3.05) is 5.32 Å². The number of oxime groups is 1. The van der Waals surface area contributed by atoms with E-state index in [4.69, 9.17) is 5.21 Å². The highest BCUT2D eigenvalue weighted by atomic mass is 16.4. The summed E-state index contributed by atoms with van der Waals surface area (Å²) in [4.78, 5) is 11.8. The number of hydrogen-bond acceptors (Lipinski definition) is 4. The van der Waals surface area contributed by atoms with Crippen LogP contribution in [-0.4, -0.2) is 27.0 Å². The van der Waals surface area contributed by atoms with Gasteiger partial charge in [-0.2, -0.15) is 5.10 Å². The maximum atomic E-state index is 11.8. The van der Waals surface area contributed by atoms with Crippen LogP contribution in [-0.2, 0) is 0 Å². The number of nitrogens with zero attached hydrogens (tertiary/aromatic N) is 2. The van der Waals surface area contributed by atoms with Crippen LogP contribution in [0.5, 0.6) is 0 Å². The smallest absolute Gasteiger partial charge is 0.258 e. The van der Waals surface area contributed by atoms with Gasteiger partial charge in [-0.1, -0.05) is 17.3 Å². The summed E-state index contributed by atoms with van der Waals surface area (Å²) in [6, 6.07) is 7.05. The Kier molecular flexibility index (Phi) is 3.38. The zero-order valence-electron chi connectivity index (χ0n) is 9.71. The normalized spacial score (nSPS) is 11.3. The molecule has 0 saturated heterocycles. The van der Waals surface area contributed by atoms with Gasteiger partial charge in [-0.25, -0.2) is 0 Å². The van der Waals surface area contributed by atoms with E-state index in [2.05, 4.69) is 20.7 Å². The number of hydrogen-bond donors (Lipinski definition) is 3. The molecule has 0 radical (unpaired) electrons. The number of nitrogens with one attached hydrogen (secondary N) is 2. The van der Waals surface area contributed by atoms with Gasteiger partial charge in [-0.15, -0.1) is 0 Å². The van der Waals surface area contributed by atoms with Gasteiger partial charge in [0.2, 0.25) is 0 Å². The van der Waals surface area contributed by atoms with Gasteiger partial charge in [-0.3, -0.25) is 9.89 Å². The number of rotatable bonds is 3. The molecule has 0 spiro atoms. The Hall–Kier alpha value is -2.63. The van der Waals surface area contributed by atoms with E-state index in [1.54, 1.807) is 31.2 Å². The van der Waals surface area contributed by atoms with Crippen molar-refractivity contribution in [1.29, 1.82) is 0 Å². The number of benzene rings is 1. The third-order valence-electron chi connectivity index (χ3n) is 2.45. The third kappa shape index (κ3) is 2.54. The van der Waals surface area contributed by atoms with Gasteiger partial charge in [-0.05, 0) is 19.1 Å². The van der Waals surface area contributed by atoms with Crippen LogP contribution in [0.25, 0.3) is 0 Å². The van der Waals surface area contributed by atoms with E-state index in [-0.39, 0.29) is 5.91 Å². The lowest BCUT2D eigenvalue weighted by molar-refractivity contribution is 0.102. The molecule has 3 N–H and O–H groups in total. The Morgan fingerprint density at radius 2 is 2.28 bits per heavy atom. The van der Waals surface area contributed by atoms with Crippen LogP contribution in [0.2, 0.25) is 0 Å². The number of aromatic amines is 1. The van der Waals surface area contributed by atoms with Crippen LogP contribution in [0, 0.1) is 0 Å². The minimum absolute atomic E-state index is 0.250. The Labute approximate surface area is 103 Å². The average molecular weight is 244 g/mol. The SMILES string of the molecule is CC(=NO)c1cccc(NC(=O)c2cn[nH]c2)c1. The number of H-pyrrole nitrogens is 1. The fraction of sp³-hybridized carbons (Fsp3) is 0.0833. The van der Waals surface area contributed by atoms with Crippen LogP contribution < -0.4 is 5.32 Å². The van der Waals surface area contributed by atoms with E-state index in [9.17, 15) is 4.79 Å². The number of carbonyl (C=O) groups is 1. The average Bonchev–Trinajstić information content (AvgIpc) is 2.92. The molecule has 6 heteroatoms. The summed E-state index contributed by atoms with van der Waals surface area (Å²) in [5, 5.41) is 20.8. The highest BCUT2D eigenvalue weighted by molar-refractivity contribution is 6.05. The molecule has 0 bridgehead atoms. The molecule has 1 amide bonds. The third-order valence-corrected chi connectivity index (χ3v) is 2.45. The molecule has 1 aromatic heterocycles. The van der Waals surface area contributed by atoms with Gasteiger partial charge in [0.15, 0.2) is 0 Å². The highest BCUT2D eigenvalue weighted by Crippen LogP contribution is 2.12. The van der Waals surface area contributed by atoms with Crippen molar-refractivity contribution in [3.05, 3.63) is 47.8 Å². The van der Waals surface area contributed by atoms with E-state index >= 15 is 0 Å². The largest absolute Gasteiger partial charge is 0.411 e. The molecule has 1 aromatic carbocycles. The van der Waals surface area contributed by atoms with E-state index in [0.717, 1.165) is 5.56 Å². The standard InChI is InChI=1S/C12H12N4O2/c1-8(16-18)9-3-2-4-11(5-9)15-12(17)10-6-13-14-7-10/h2-7,18H,1H3,(H,13,14)(H,15,17). The summed E-state index contributed by atoms with van der Waals surface area (Å²) in [6.45, 7) is 1.68. The van der Waals surface area contributed by atoms with Crippen LogP contribution in [0.15, 0.2) is 41.8 Å². The summed E-state index contributed by atoms with van der Waals surface area (Å²) in [5.41, 5.74) is 2.30. The summed E-state index contributed by atoms with van der Waals surface area (Å²) in [5.74, 6) is -0.250. The molecule has 18 heavy (non-hydrogen) atoms. The Morgan fingerprint density at radius 1 is 1.44 bits per heavy atom. The molecule has 0 aliphatic carbocycles. The Morgan fingerprint density at radius 3 is 2.94 bits per heavy atom. The second-order valence-electron chi connectivity index (χ2n) is 3.71. The molecule has 0 aliphatic rings. The minimum Gasteiger partial charge on any atom is -0.411 e. The summed E-state index contributed by atoms with van der Waals surface area (Å²) < 4.78 is 0. The summed E-state index contributed by atoms with van der Waals surface area (Å²) >= 11 is 0. The lowest BCUT2D eigenvalue weighted by atomic mass is 10.1. The van der Waals surface area contributed by atoms with Gasteiger partial charge in [0, 0.05) is 17.4 Å². The van der Waals surface area contributed by atoms with Crippen molar-refractivity contribution in [2.24, 2.45) is 5.16 Å². The van der Waals surface area contributed by atoms with Crippen LogP contribution in [0.1, 0.15) is 22.8 Å². The second-order valence-corrected chi connectivity index (χ2v) is 3.71. The quantitative estimate of drug-likeness (QED) is 0.437. The van der Waals surface area contributed by atoms with Crippen molar-refractivity contribution >= 4 is 17.3 Å². The first-order valence-electron chi connectivity index (χ1n) is 5.30. The predicted octanol–water partition coefficient (Wildman–Crippen LogP) is 1.86. The monoisotopic (exact) mass is 244 g/mol. The van der Waals surface area contributed by atoms with Crippen molar-refractivity contribution in [3.8, 4) is 0 Å². The van der Waals surface area contributed by atoms with Crippen molar-refractivity contribution in [2.45, 2.75) is 6.92 Å². The van der Waals surface area contributed by atoms with Gasteiger partial charge in [0.25, 0.3) is 5.91 Å². The Bertz CT molecular complexity index is 576. The highest BCUT2D eigenvalue weighted by Gasteiger charge is 2.07. The molecule has 2 rings (SSSR count). The number of anilines is 1. The van der Waals surface area contributed by atoms with Crippen molar-refractivity contribution < 1.29 is 10.0 Å². The molecule has 92 valence electrons. The van der Waals surface area contributed by atoms with Gasteiger partial charge in [0.05, 0.1) is 17.5 Å². The number of amides is 1. The maximum Gasteiger partial charge on any atom is 0.258 e. The van der Waals surface area contributed by atoms with Gasteiger partial charge < -0.3 is 10.5 Å². The molecule has 1 heterocycles. The van der Waals surface area contributed by atoms with Crippen LogP contribution in [0.4, 0.5) is 5.69 Å². The number of aromatic nitrogens is 2. The molecule has 0 saturated carbocycles. The van der Waals surface area contributed by atoms with Crippen LogP contribution >= 0.6 is 0 Å². The van der Waals surface area contributed by atoms with E-state index in [1.807, 2.05) is 0 Å². The first kappa shape index (κ1) is 11.8. The van der Waals surface area contributed by atoms with Gasteiger partial charge in [0.1, 0.15) is 0 Å². The summed E-state index contributed by atoms with van der Waals surface area (Å²) in [7, 11) is 0. The molecule has 6 nitrogen and oxygen atoms in total. The minimum atomic E-state index is -0.250. The maximum absolute atomic E-state index is 11.8. The fourth-order valence-electron chi connectivity index (χ4n) is 1.46. The van der Waals surface area contributed by atoms with Gasteiger partial charge >= 0.3 is 0 Å². The molecular formula is C12H12N4O2. The van der Waals surface area contributed by atoms with E-state index in [0.29, 0.717) is 17.0 Å². The molecule has 2 aromatic rings. The number of carbonyl (C=O) groups excluding carboxylic acids is 1. The fourth-order valence-corrected chi connectivity index (χ4v) is 1.46. The van der Waals surface area contributed by atoms with Crippen molar-refractivity contribution in [1.82, 2.24) is 10.2 Å². The molecule has 0 fully saturated rings.